The van der Waals surface area contributed by atoms with Gasteiger partial charge < -0.3 is 5.73 Å². The first kappa shape index (κ1) is 18.0. The first-order valence-corrected chi connectivity index (χ1v) is 7.65. The van der Waals surface area contributed by atoms with Gasteiger partial charge in [0.25, 0.3) is 0 Å². The maximum absolute atomic E-state index is 6.13. The molecule has 0 amide bonds. The van der Waals surface area contributed by atoms with Gasteiger partial charge in [0.05, 0.1) is 0 Å². The average molecular weight is 263 g/mol. The summed E-state index contributed by atoms with van der Waals surface area (Å²) in [5.74, 6) is 0.628. The molecule has 1 heteroatoms. The predicted molar refractivity (Wildman–Crippen MR) is 88.0 cm³/mol. The second kappa shape index (κ2) is 9.89. The van der Waals surface area contributed by atoms with Crippen LogP contribution in [0.15, 0.2) is 35.1 Å². The quantitative estimate of drug-likeness (QED) is 0.320. The fourth-order valence-corrected chi connectivity index (χ4v) is 2.13. The van der Waals surface area contributed by atoms with Crippen molar-refractivity contribution in [1.82, 2.24) is 0 Å². The number of hydrogen-bond donors (Lipinski definition) is 1. The van der Waals surface area contributed by atoms with Crippen molar-refractivity contribution >= 4 is 0 Å². The van der Waals surface area contributed by atoms with Crippen LogP contribution >= 0.6 is 0 Å². The van der Waals surface area contributed by atoms with Gasteiger partial charge in [0.1, 0.15) is 0 Å². The van der Waals surface area contributed by atoms with E-state index in [9.17, 15) is 0 Å². The lowest BCUT2D eigenvalue weighted by atomic mass is 9.97. The molecule has 0 aromatic rings. The van der Waals surface area contributed by atoms with E-state index in [1.54, 1.807) is 0 Å². The molecule has 0 rings (SSSR count). The van der Waals surface area contributed by atoms with Gasteiger partial charge in [-0.25, -0.2) is 0 Å². The summed E-state index contributed by atoms with van der Waals surface area (Å²) in [5.41, 5.74) is 11.4. The molecule has 0 saturated carbocycles. The normalized spacial score (nSPS) is 13.7. The minimum absolute atomic E-state index is 0.628. The maximum atomic E-state index is 6.13. The predicted octanol–water partition coefficient (Wildman–Crippen LogP) is 5.74. The van der Waals surface area contributed by atoms with E-state index in [1.807, 2.05) is 0 Å². The van der Waals surface area contributed by atoms with Gasteiger partial charge in [-0.05, 0) is 69.9 Å². The fourth-order valence-electron chi connectivity index (χ4n) is 2.13. The molecule has 1 nitrogen and oxygen atoms in total. The Balaban J connectivity index is 4.54. The van der Waals surface area contributed by atoms with Crippen LogP contribution in [0.25, 0.3) is 0 Å². The lowest BCUT2D eigenvalue weighted by molar-refractivity contribution is 0.636. The smallest absolute Gasteiger partial charge is 0.00857 e. The lowest BCUT2D eigenvalue weighted by Crippen LogP contribution is -2.03. The Hall–Kier alpha value is -0.980. The van der Waals surface area contributed by atoms with Crippen molar-refractivity contribution in [2.24, 2.45) is 11.7 Å². The largest absolute Gasteiger partial charge is 0.402 e. The summed E-state index contributed by atoms with van der Waals surface area (Å²) in [4.78, 5) is 0. The van der Waals surface area contributed by atoms with Crippen LogP contribution in [0.5, 0.6) is 0 Å². The molecule has 2 N–H and O–H groups in total. The van der Waals surface area contributed by atoms with Crippen LogP contribution < -0.4 is 5.73 Å². The summed E-state index contributed by atoms with van der Waals surface area (Å²) < 4.78 is 0. The third-order valence-electron chi connectivity index (χ3n) is 3.38. The maximum Gasteiger partial charge on any atom is 0.00857 e. The van der Waals surface area contributed by atoms with Crippen LogP contribution in [0.1, 0.15) is 73.1 Å². The summed E-state index contributed by atoms with van der Waals surface area (Å²) in [7, 11) is 0. The molecule has 0 unspecified atom stereocenters. The minimum atomic E-state index is 0.628. The summed E-state index contributed by atoms with van der Waals surface area (Å²) in [5, 5.41) is 0. The van der Waals surface area contributed by atoms with Gasteiger partial charge in [0, 0.05) is 5.70 Å². The molecule has 19 heavy (non-hydrogen) atoms. The highest BCUT2D eigenvalue weighted by molar-refractivity contribution is 5.27. The van der Waals surface area contributed by atoms with Gasteiger partial charge in [0.2, 0.25) is 0 Å². The molecule has 0 aliphatic heterocycles. The van der Waals surface area contributed by atoms with Crippen LogP contribution in [0, 0.1) is 5.92 Å². The molecule has 0 atom stereocenters. The van der Waals surface area contributed by atoms with E-state index in [-0.39, 0.29) is 0 Å². The topological polar surface area (TPSA) is 26.0 Å². The van der Waals surface area contributed by atoms with E-state index in [0.717, 1.165) is 31.4 Å². The van der Waals surface area contributed by atoms with E-state index in [2.05, 4.69) is 47.3 Å². The molecule has 0 bridgehead atoms. The molecular formula is C18H33N. The second-order valence-electron chi connectivity index (χ2n) is 6.14. The second-order valence-corrected chi connectivity index (χ2v) is 6.14. The van der Waals surface area contributed by atoms with Crippen molar-refractivity contribution in [3.63, 3.8) is 0 Å². The number of allylic oxidation sites excluding steroid dienone is 5. The Bertz CT molecular complexity index is 332. The molecule has 0 radical (unpaired) electrons. The van der Waals surface area contributed by atoms with Gasteiger partial charge >= 0.3 is 0 Å². The molecule has 0 aliphatic rings. The molecule has 0 spiro atoms. The van der Waals surface area contributed by atoms with Crippen LogP contribution in [-0.4, -0.2) is 0 Å². The van der Waals surface area contributed by atoms with Crippen molar-refractivity contribution in [3.05, 3.63) is 35.1 Å². The van der Waals surface area contributed by atoms with Crippen molar-refractivity contribution in [2.75, 3.05) is 0 Å². The Morgan fingerprint density at radius 1 is 1.16 bits per heavy atom. The van der Waals surface area contributed by atoms with Crippen LogP contribution in [0.2, 0.25) is 0 Å². The number of hydrogen-bond acceptors (Lipinski definition) is 1. The van der Waals surface area contributed by atoms with E-state index in [1.165, 1.54) is 29.6 Å². The van der Waals surface area contributed by atoms with Gasteiger partial charge in [-0.15, -0.1) is 6.58 Å². The molecule has 0 heterocycles. The Labute approximate surface area is 120 Å². The summed E-state index contributed by atoms with van der Waals surface area (Å²) in [6, 6.07) is 0. The highest BCUT2D eigenvalue weighted by Crippen LogP contribution is 2.20. The Morgan fingerprint density at radius 3 is 2.21 bits per heavy atom. The SMILES string of the molecule is C=C(C)CCCCC(/C=C(/N)CC(C)C)=C(\C)CC. The standard InChI is InChI=1S/C18H33N/c1-7-16(6)17(11-9-8-10-14(2)3)13-18(19)12-15(4)5/h13,15H,2,7-12,19H2,1,3-6H3/b17-16-,18-13+. The van der Waals surface area contributed by atoms with E-state index in [4.69, 9.17) is 5.73 Å². The zero-order valence-corrected chi connectivity index (χ0v) is 13.7. The van der Waals surface area contributed by atoms with Crippen molar-refractivity contribution in [1.29, 1.82) is 0 Å². The zero-order valence-electron chi connectivity index (χ0n) is 13.7. The first-order valence-electron chi connectivity index (χ1n) is 7.65. The molecule has 0 aromatic heterocycles. The monoisotopic (exact) mass is 263 g/mol. The van der Waals surface area contributed by atoms with Crippen molar-refractivity contribution in [3.8, 4) is 0 Å². The number of nitrogens with two attached hydrogens (primary N) is 1. The molecule has 0 saturated heterocycles. The zero-order chi connectivity index (χ0) is 14.8. The van der Waals surface area contributed by atoms with E-state index >= 15 is 0 Å². The summed E-state index contributed by atoms with van der Waals surface area (Å²) >= 11 is 0. The van der Waals surface area contributed by atoms with Gasteiger partial charge in [-0.2, -0.15) is 0 Å². The molecule has 0 fully saturated rings. The molecule has 0 aromatic carbocycles. The average Bonchev–Trinajstić information content (AvgIpc) is 2.30. The Kier molecular flexibility index (Phi) is 9.38. The van der Waals surface area contributed by atoms with Gasteiger partial charge in [-0.1, -0.05) is 31.9 Å². The number of unbranched alkanes of at least 4 members (excludes halogenated alkanes) is 1. The Morgan fingerprint density at radius 2 is 1.74 bits per heavy atom. The number of rotatable bonds is 9. The molecule has 110 valence electrons. The minimum Gasteiger partial charge on any atom is -0.402 e. The fraction of sp³-hybridized carbons (Fsp3) is 0.667. The van der Waals surface area contributed by atoms with Crippen molar-refractivity contribution in [2.45, 2.75) is 73.1 Å². The molecular weight excluding hydrogens is 230 g/mol. The summed E-state index contributed by atoms with van der Waals surface area (Å²) in [6.07, 6.45) is 9.07. The first-order chi connectivity index (χ1) is 8.86. The summed E-state index contributed by atoms with van der Waals surface area (Å²) in [6.45, 7) is 14.9. The van der Waals surface area contributed by atoms with Crippen LogP contribution in [-0.2, 0) is 0 Å². The third kappa shape index (κ3) is 9.58. The highest BCUT2D eigenvalue weighted by Gasteiger charge is 2.03. The highest BCUT2D eigenvalue weighted by atomic mass is 14.6. The lowest BCUT2D eigenvalue weighted by Gasteiger charge is -2.11. The van der Waals surface area contributed by atoms with Gasteiger partial charge in [0.15, 0.2) is 0 Å². The van der Waals surface area contributed by atoms with Crippen LogP contribution in [0.3, 0.4) is 0 Å². The third-order valence-corrected chi connectivity index (χ3v) is 3.38. The molecule has 0 aliphatic carbocycles. The van der Waals surface area contributed by atoms with E-state index in [0.29, 0.717) is 5.92 Å². The van der Waals surface area contributed by atoms with Crippen LogP contribution in [0.4, 0.5) is 0 Å². The van der Waals surface area contributed by atoms with E-state index < -0.39 is 0 Å². The van der Waals surface area contributed by atoms with Crippen molar-refractivity contribution < 1.29 is 0 Å². The van der Waals surface area contributed by atoms with Gasteiger partial charge in [-0.3, -0.25) is 0 Å².